The summed E-state index contributed by atoms with van der Waals surface area (Å²) >= 11 is 1.62. The zero-order chi connectivity index (χ0) is 25.1. The maximum Gasteiger partial charge on any atom is 1.00 e. The van der Waals surface area contributed by atoms with Crippen molar-refractivity contribution in [1.82, 2.24) is 24.9 Å². The Morgan fingerprint density at radius 3 is 2.59 bits per heavy atom. The van der Waals surface area contributed by atoms with Crippen LogP contribution in [-0.4, -0.2) is 76.5 Å². The van der Waals surface area contributed by atoms with Gasteiger partial charge in [0.2, 0.25) is 11.8 Å². The van der Waals surface area contributed by atoms with Crippen LogP contribution in [-0.2, 0) is 11.3 Å². The topological polar surface area (TPSA) is 141 Å². The molecule has 1 saturated heterocycles. The summed E-state index contributed by atoms with van der Waals surface area (Å²) in [5.41, 5.74) is 4.40. The predicted molar refractivity (Wildman–Crippen MR) is 134 cm³/mol. The van der Waals surface area contributed by atoms with Crippen LogP contribution < -0.4 is 65.9 Å². The molecule has 0 radical (unpaired) electrons. The van der Waals surface area contributed by atoms with Crippen molar-refractivity contribution >= 4 is 39.2 Å². The predicted octanol–water partition coefficient (Wildman–Crippen LogP) is -0.0680. The Balaban J connectivity index is 0.00000320. The second kappa shape index (κ2) is 12.5. The first-order valence-corrected chi connectivity index (χ1v) is 11.9. The number of ether oxygens (including phenoxy) is 2. The summed E-state index contributed by atoms with van der Waals surface area (Å²) < 4.78 is 11.7. The number of pyridine rings is 1. The summed E-state index contributed by atoms with van der Waals surface area (Å²) in [6, 6.07) is 5.73. The summed E-state index contributed by atoms with van der Waals surface area (Å²) in [6.45, 7) is 3.31. The van der Waals surface area contributed by atoms with Crippen LogP contribution in [0.25, 0.3) is 27.1 Å². The van der Waals surface area contributed by atoms with Gasteiger partial charge in [0.05, 0.1) is 37.1 Å². The third-order valence-electron chi connectivity index (χ3n) is 5.63. The zero-order valence-electron chi connectivity index (χ0n) is 20.7. The molecule has 14 heteroatoms. The Kier molecular flexibility index (Phi) is 9.36. The van der Waals surface area contributed by atoms with Gasteiger partial charge < -0.3 is 34.8 Å². The number of morpholine rings is 1. The molecule has 5 rings (SSSR count). The monoisotopic (exact) mass is 546 g/mol. The third kappa shape index (κ3) is 6.23. The molecule has 186 valence electrons. The zero-order valence-corrected chi connectivity index (χ0v) is 24.6. The molecule has 0 atom stereocenters. The summed E-state index contributed by atoms with van der Waals surface area (Å²) in [6.07, 6.45) is 4.38. The van der Waals surface area contributed by atoms with E-state index in [0.29, 0.717) is 37.4 Å². The van der Waals surface area contributed by atoms with Crippen molar-refractivity contribution in [2.24, 2.45) is 0 Å². The Morgan fingerprint density at radius 1 is 1.19 bits per heavy atom. The minimum absolute atomic E-state index is 0. The molecule has 0 saturated carbocycles. The van der Waals surface area contributed by atoms with Gasteiger partial charge in [-0.05, 0) is 12.1 Å². The molecule has 5 heterocycles. The average Bonchev–Trinajstić information content (AvgIpc) is 3.35. The van der Waals surface area contributed by atoms with E-state index in [1.54, 1.807) is 30.7 Å². The van der Waals surface area contributed by atoms with E-state index in [-0.39, 0.29) is 56.9 Å². The quantitative estimate of drug-likeness (QED) is 0.189. The third-order valence-corrected chi connectivity index (χ3v) is 6.73. The molecule has 4 aromatic heterocycles. The van der Waals surface area contributed by atoms with Crippen molar-refractivity contribution in [3.8, 4) is 17.3 Å². The van der Waals surface area contributed by atoms with Crippen molar-refractivity contribution < 1.29 is 70.9 Å². The van der Waals surface area contributed by atoms with Gasteiger partial charge in [-0.1, -0.05) is 0 Å². The fourth-order valence-corrected chi connectivity index (χ4v) is 4.95. The van der Waals surface area contributed by atoms with E-state index in [1.165, 1.54) is 12.4 Å². The van der Waals surface area contributed by atoms with Crippen molar-refractivity contribution in [2.45, 2.75) is 6.54 Å². The van der Waals surface area contributed by atoms with E-state index >= 15 is 0 Å². The van der Waals surface area contributed by atoms with Crippen LogP contribution in [0.2, 0.25) is 0 Å². The van der Waals surface area contributed by atoms with Crippen LogP contribution in [0.1, 0.15) is 15.2 Å². The number of amides is 1. The van der Waals surface area contributed by atoms with Gasteiger partial charge in [-0.2, -0.15) is 0 Å². The van der Waals surface area contributed by atoms with E-state index in [9.17, 15) is 4.79 Å². The molecule has 0 spiro atoms. The van der Waals surface area contributed by atoms with Crippen LogP contribution in [0.5, 0.6) is 5.88 Å². The maximum atomic E-state index is 11.5. The molecular formula is C23H23KN8O4S. The molecule has 0 bridgehead atoms. The molecule has 1 fully saturated rings. The Hall–Kier alpha value is -2.30. The second-order valence-corrected chi connectivity index (χ2v) is 9.16. The number of hydrogen-bond acceptors (Lipinski definition) is 12. The number of carbonyl (C=O) groups is 1. The second-order valence-electron chi connectivity index (χ2n) is 8.02. The van der Waals surface area contributed by atoms with Gasteiger partial charge in [-0.15, -0.1) is 11.3 Å². The van der Waals surface area contributed by atoms with Crippen LogP contribution in [0, 0.1) is 0 Å². The fraction of sp³-hybridized carbons (Fsp3) is 0.304. The molecule has 1 aliphatic heterocycles. The summed E-state index contributed by atoms with van der Waals surface area (Å²) in [5.74, 6) is 1.64. The van der Waals surface area contributed by atoms with Gasteiger partial charge in [0.15, 0.2) is 11.6 Å². The molecule has 37 heavy (non-hydrogen) atoms. The van der Waals surface area contributed by atoms with Crippen molar-refractivity contribution in [1.29, 1.82) is 0 Å². The van der Waals surface area contributed by atoms with E-state index < -0.39 is 5.91 Å². The number of nitrogens with zero attached hydrogens (tertiary/aromatic N) is 8. The van der Waals surface area contributed by atoms with Crippen molar-refractivity contribution in [3.05, 3.63) is 52.7 Å². The van der Waals surface area contributed by atoms with Gasteiger partial charge in [0.25, 0.3) is 0 Å². The molecule has 0 unspecified atom stereocenters. The molecule has 1 amide bonds. The Bertz CT molecular complexity index is 1360. The molecule has 0 aliphatic carbocycles. The number of hydroxylamine groups is 1. The molecule has 4 aromatic rings. The molecular weight excluding hydrogens is 523 g/mol. The van der Waals surface area contributed by atoms with E-state index in [1.807, 2.05) is 24.1 Å². The standard InChI is InChI=1S/C23H24N8O4S.K/c1-30(23-25-11-15(12-26-23)22(32)29-33)13-16-9-17-19(36-16)21(31-5-7-35-8-6-31)28-20(27-17)14-3-4-18(34-2)24-10-14;/h3-4,9-12H,5-8,13H2,1-2H3,(H2,29,32,33);/q;+1/p-1. The van der Waals surface area contributed by atoms with Crippen LogP contribution in [0.3, 0.4) is 0 Å². The normalized spacial score (nSPS) is 13.2. The number of anilines is 2. The van der Waals surface area contributed by atoms with Crippen LogP contribution in [0.15, 0.2) is 36.8 Å². The fourth-order valence-electron chi connectivity index (χ4n) is 3.79. The Morgan fingerprint density at radius 2 is 1.95 bits per heavy atom. The van der Waals surface area contributed by atoms with E-state index in [2.05, 4.69) is 25.3 Å². The number of methoxy groups -OCH3 is 1. The van der Waals surface area contributed by atoms with Gasteiger partial charge in [-0.3, -0.25) is 0 Å². The smallest absolute Gasteiger partial charge is 0.530 e. The van der Waals surface area contributed by atoms with Crippen LogP contribution in [0.4, 0.5) is 11.8 Å². The summed E-state index contributed by atoms with van der Waals surface area (Å²) in [5, 5.41) is 8.64. The molecule has 1 aliphatic rings. The molecule has 12 nitrogen and oxygen atoms in total. The number of thiophene rings is 1. The first-order valence-electron chi connectivity index (χ1n) is 11.1. The van der Waals surface area contributed by atoms with Crippen molar-refractivity contribution in [2.75, 3.05) is 50.3 Å². The van der Waals surface area contributed by atoms with E-state index in [0.717, 1.165) is 39.6 Å². The number of aromatic nitrogens is 5. The summed E-state index contributed by atoms with van der Waals surface area (Å²) in [7, 11) is 3.44. The number of hydrogen-bond donors (Lipinski definition) is 1. The largest absolute Gasteiger partial charge is 1.00 e. The van der Waals surface area contributed by atoms with Gasteiger partial charge >= 0.3 is 51.4 Å². The SMILES string of the molecule is COc1ccc(-c2nc(N3CCOCC3)c3sc(CN(C)c4ncc(C(=O)[N-]O)cn4)cc3n2)cn1.[K+]. The number of carbonyl (C=O) groups excluding carboxylic acids is 1. The van der Waals surface area contributed by atoms with Crippen molar-refractivity contribution in [3.63, 3.8) is 0 Å². The van der Waals surface area contributed by atoms with Gasteiger partial charge in [0.1, 0.15) is 5.91 Å². The first kappa shape index (κ1) is 27.7. The first-order chi connectivity index (χ1) is 17.6. The van der Waals surface area contributed by atoms with Crippen LogP contribution >= 0.6 is 11.3 Å². The minimum atomic E-state index is -0.786. The van der Waals surface area contributed by atoms with Gasteiger partial charge in [0, 0.05) is 60.8 Å². The average molecular weight is 547 g/mol. The summed E-state index contributed by atoms with van der Waals surface area (Å²) in [4.78, 5) is 39.1. The minimum Gasteiger partial charge on any atom is -0.530 e. The number of fused-ring (bicyclic) bond motifs is 1. The van der Waals surface area contributed by atoms with E-state index in [4.69, 9.17) is 24.6 Å². The Labute approximate surface area is 259 Å². The molecule has 1 N–H and O–H groups in total. The maximum absolute atomic E-state index is 11.5. The number of rotatable bonds is 7. The van der Waals surface area contributed by atoms with Gasteiger partial charge in [-0.25, -0.2) is 24.9 Å². The molecule has 0 aromatic carbocycles.